The number of furan rings is 1. The number of hydrogen-bond donors (Lipinski definition) is 1. The molecule has 2 heterocycles. The predicted molar refractivity (Wildman–Crippen MR) is 85.6 cm³/mol. The van der Waals surface area contributed by atoms with Gasteiger partial charge in [0.05, 0.1) is 6.04 Å². The lowest BCUT2D eigenvalue weighted by Gasteiger charge is -2.15. The lowest BCUT2D eigenvalue weighted by atomic mass is 10.0. The minimum atomic E-state index is 0.0391. The highest BCUT2D eigenvalue weighted by molar-refractivity contribution is 5.81. The van der Waals surface area contributed by atoms with Gasteiger partial charge < -0.3 is 9.73 Å². The summed E-state index contributed by atoms with van der Waals surface area (Å²) in [6.45, 7) is 6.11. The van der Waals surface area contributed by atoms with E-state index < -0.39 is 0 Å². The van der Waals surface area contributed by atoms with Gasteiger partial charge in [0.25, 0.3) is 0 Å². The van der Waals surface area contributed by atoms with Gasteiger partial charge in [-0.3, -0.25) is 4.98 Å². The molecule has 3 nitrogen and oxygen atoms in total. The monoisotopic (exact) mass is 280 g/mol. The van der Waals surface area contributed by atoms with Crippen molar-refractivity contribution in [1.29, 1.82) is 0 Å². The lowest BCUT2D eigenvalue weighted by molar-refractivity contribution is 0.490. The summed E-state index contributed by atoms with van der Waals surface area (Å²) in [7, 11) is 1.95. The van der Waals surface area contributed by atoms with Gasteiger partial charge in [0.1, 0.15) is 11.3 Å². The molecule has 3 heteroatoms. The Balaban J connectivity index is 2.11. The van der Waals surface area contributed by atoms with Crippen molar-refractivity contribution in [2.24, 2.45) is 0 Å². The van der Waals surface area contributed by atoms with Crippen LogP contribution in [0.2, 0.25) is 0 Å². The van der Waals surface area contributed by atoms with E-state index in [1.807, 2.05) is 20.9 Å². The van der Waals surface area contributed by atoms with Gasteiger partial charge >= 0.3 is 0 Å². The van der Waals surface area contributed by atoms with E-state index in [4.69, 9.17) is 4.42 Å². The molecule has 108 valence electrons. The van der Waals surface area contributed by atoms with Crippen LogP contribution in [0.4, 0.5) is 0 Å². The standard InChI is InChI=1S/C18H20N2O/c1-11-6-5-7-14-10-16(21-18(11)14)17(19-4)15-8-12(2)20-13(3)9-15/h5-10,17,19H,1-4H3. The Morgan fingerprint density at radius 3 is 2.38 bits per heavy atom. The Morgan fingerprint density at radius 1 is 1.05 bits per heavy atom. The zero-order valence-corrected chi connectivity index (χ0v) is 12.9. The Labute approximate surface area is 125 Å². The van der Waals surface area contributed by atoms with Crippen LogP contribution in [0.5, 0.6) is 0 Å². The fraction of sp³-hybridized carbons (Fsp3) is 0.278. The van der Waals surface area contributed by atoms with Gasteiger partial charge in [-0.05, 0) is 57.1 Å². The van der Waals surface area contributed by atoms with Crippen LogP contribution < -0.4 is 5.32 Å². The van der Waals surface area contributed by atoms with Gasteiger partial charge in [-0.2, -0.15) is 0 Å². The third-order valence-electron chi connectivity index (χ3n) is 3.77. The second kappa shape index (κ2) is 5.34. The summed E-state index contributed by atoms with van der Waals surface area (Å²) in [6, 6.07) is 12.6. The number of nitrogens with zero attached hydrogens (tertiary/aromatic N) is 1. The van der Waals surface area contributed by atoms with E-state index in [1.165, 1.54) is 5.56 Å². The molecule has 0 fully saturated rings. The van der Waals surface area contributed by atoms with Crippen molar-refractivity contribution in [3.05, 3.63) is 64.7 Å². The molecule has 0 bridgehead atoms. The first-order valence-electron chi connectivity index (χ1n) is 7.20. The van der Waals surface area contributed by atoms with E-state index in [0.29, 0.717) is 0 Å². The van der Waals surface area contributed by atoms with Crippen LogP contribution >= 0.6 is 0 Å². The Hall–Kier alpha value is -2.13. The molecule has 0 aliphatic heterocycles. The van der Waals surface area contributed by atoms with Crippen molar-refractivity contribution in [2.45, 2.75) is 26.8 Å². The molecule has 2 aromatic heterocycles. The second-order valence-electron chi connectivity index (χ2n) is 5.55. The average molecular weight is 280 g/mol. The maximum atomic E-state index is 6.10. The fourth-order valence-corrected chi connectivity index (χ4v) is 2.88. The van der Waals surface area contributed by atoms with Crippen LogP contribution in [-0.4, -0.2) is 12.0 Å². The van der Waals surface area contributed by atoms with Crippen molar-refractivity contribution >= 4 is 11.0 Å². The Morgan fingerprint density at radius 2 is 1.76 bits per heavy atom. The zero-order chi connectivity index (χ0) is 15.0. The molecule has 0 spiro atoms. The summed E-state index contributed by atoms with van der Waals surface area (Å²) in [5.41, 5.74) is 5.36. The highest BCUT2D eigenvalue weighted by Gasteiger charge is 2.18. The van der Waals surface area contributed by atoms with Crippen LogP contribution in [0.15, 0.2) is 40.8 Å². The fourth-order valence-electron chi connectivity index (χ4n) is 2.88. The molecule has 1 unspecified atom stereocenters. The smallest absolute Gasteiger partial charge is 0.137 e. The summed E-state index contributed by atoms with van der Waals surface area (Å²) in [6.07, 6.45) is 0. The molecule has 3 rings (SSSR count). The SMILES string of the molecule is CNC(c1cc(C)nc(C)c1)c1cc2cccc(C)c2o1. The van der Waals surface area contributed by atoms with Crippen LogP contribution in [0.3, 0.4) is 0 Å². The number of aromatic nitrogens is 1. The van der Waals surface area contributed by atoms with Gasteiger partial charge in [0.15, 0.2) is 0 Å². The molecule has 0 amide bonds. The second-order valence-corrected chi connectivity index (χ2v) is 5.55. The predicted octanol–water partition coefficient (Wildman–Crippen LogP) is 4.06. The van der Waals surface area contributed by atoms with Crippen molar-refractivity contribution in [1.82, 2.24) is 10.3 Å². The van der Waals surface area contributed by atoms with Gasteiger partial charge in [-0.15, -0.1) is 0 Å². The van der Waals surface area contributed by atoms with Crippen LogP contribution in [0, 0.1) is 20.8 Å². The summed E-state index contributed by atoms with van der Waals surface area (Å²) in [5.74, 6) is 0.937. The first kappa shape index (κ1) is 13.8. The van der Waals surface area contributed by atoms with Gasteiger partial charge in [-0.25, -0.2) is 0 Å². The van der Waals surface area contributed by atoms with E-state index in [1.54, 1.807) is 0 Å². The average Bonchev–Trinajstić information content (AvgIpc) is 2.83. The molecule has 1 aromatic carbocycles. The third-order valence-corrected chi connectivity index (χ3v) is 3.77. The lowest BCUT2D eigenvalue weighted by Crippen LogP contribution is -2.17. The first-order chi connectivity index (χ1) is 10.1. The number of aryl methyl sites for hydroxylation is 3. The van der Waals surface area contributed by atoms with E-state index in [2.05, 4.69) is 53.6 Å². The zero-order valence-electron chi connectivity index (χ0n) is 12.9. The third kappa shape index (κ3) is 2.57. The van der Waals surface area contributed by atoms with Crippen LogP contribution in [0.1, 0.15) is 34.3 Å². The van der Waals surface area contributed by atoms with Gasteiger partial charge in [0.2, 0.25) is 0 Å². The molecule has 0 saturated carbocycles. The van der Waals surface area contributed by atoms with E-state index in [0.717, 1.165) is 33.7 Å². The topological polar surface area (TPSA) is 38.1 Å². The van der Waals surface area contributed by atoms with E-state index >= 15 is 0 Å². The number of para-hydroxylation sites is 1. The molecular formula is C18H20N2O. The van der Waals surface area contributed by atoms with Crippen LogP contribution in [0.25, 0.3) is 11.0 Å². The highest BCUT2D eigenvalue weighted by Crippen LogP contribution is 2.30. The number of pyridine rings is 1. The van der Waals surface area contributed by atoms with Gasteiger partial charge in [-0.1, -0.05) is 18.2 Å². The molecule has 21 heavy (non-hydrogen) atoms. The number of hydrogen-bond acceptors (Lipinski definition) is 3. The molecule has 0 aliphatic carbocycles. The quantitative estimate of drug-likeness (QED) is 0.786. The Kier molecular flexibility index (Phi) is 3.52. The molecule has 1 N–H and O–H groups in total. The summed E-state index contributed by atoms with van der Waals surface area (Å²) < 4.78 is 6.10. The maximum Gasteiger partial charge on any atom is 0.137 e. The maximum absolute atomic E-state index is 6.10. The van der Waals surface area contributed by atoms with Crippen molar-refractivity contribution in [2.75, 3.05) is 7.05 Å². The normalized spacial score (nSPS) is 12.8. The van der Waals surface area contributed by atoms with E-state index in [-0.39, 0.29) is 6.04 Å². The molecule has 0 radical (unpaired) electrons. The first-order valence-corrected chi connectivity index (χ1v) is 7.20. The summed E-state index contributed by atoms with van der Waals surface area (Å²) in [4.78, 5) is 4.44. The number of nitrogens with one attached hydrogen (secondary N) is 1. The van der Waals surface area contributed by atoms with Gasteiger partial charge in [0, 0.05) is 16.8 Å². The number of benzene rings is 1. The highest BCUT2D eigenvalue weighted by atomic mass is 16.3. The molecule has 0 aliphatic rings. The number of rotatable bonds is 3. The van der Waals surface area contributed by atoms with Crippen molar-refractivity contribution in [3.8, 4) is 0 Å². The van der Waals surface area contributed by atoms with Crippen molar-refractivity contribution < 1.29 is 4.42 Å². The minimum absolute atomic E-state index is 0.0391. The molecule has 1 atom stereocenters. The number of fused-ring (bicyclic) bond motifs is 1. The largest absolute Gasteiger partial charge is 0.459 e. The Bertz CT molecular complexity index is 769. The van der Waals surface area contributed by atoms with Crippen molar-refractivity contribution in [3.63, 3.8) is 0 Å². The summed E-state index contributed by atoms with van der Waals surface area (Å²) in [5, 5.41) is 4.49. The molecule has 0 saturated heterocycles. The van der Waals surface area contributed by atoms with Crippen LogP contribution in [-0.2, 0) is 0 Å². The summed E-state index contributed by atoms with van der Waals surface area (Å²) >= 11 is 0. The van der Waals surface area contributed by atoms with E-state index in [9.17, 15) is 0 Å². The molecule has 3 aromatic rings. The minimum Gasteiger partial charge on any atom is -0.459 e. The molecular weight excluding hydrogens is 260 g/mol.